The van der Waals surface area contributed by atoms with E-state index in [0.717, 1.165) is 29.9 Å². The van der Waals surface area contributed by atoms with Gasteiger partial charge in [-0.05, 0) is 54.7 Å². The van der Waals surface area contributed by atoms with Gasteiger partial charge >= 0.3 is 0 Å². The van der Waals surface area contributed by atoms with Crippen molar-refractivity contribution in [3.8, 4) is 0 Å². The van der Waals surface area contributed by atoms with Crippen molar-refractivity contribution in [1.29, 1.82) is 0 Å². The maximum absolute atomic E-state index is 11.0. The Kier molecular flexibility index (Phi) is 6.27. The normalized spacial score (nSPS) is 11.4. The van der Waals surface area contributed by atoms with Crippen molar-refractivity contribution < 1.29 is 10.0 Å². The number of fused-ring (bicyclic) bond motifs is 1. The van der Waals surface area contributed by atoms with E-state index in [0.29, 0.717) is 22.4 Å². The van der Waals surface area contributed by atoms with E-state index in [1.54, 1.807) is 6.07 Å². The van der Waals surface area contributed by atoms with Crippen molar-refractivity contribution >= 4 is 44.5 Å². The SMILES string of the molecule is CCc1cc(N(CC)CCO)ccc1N=Nc1snc2ccc([N+](=O)[O-])cc12. The van der Waals surface area contributed by atoms with Crippen LogP contribution in [0, 0.1) is 10.1 Å². The molecule has 0 unspecified atom stereocenters. The molecule has 0 aliphatic heterocycles. The van der Waals surface area contributed by atoms with Crippen LogP contribution in [0.4, 0.5) is 22.1 Å². The zero-order valence-corrected chi connectivity index (χ0v) is 16.5. The number of nitro benzene ring substituents is 1. The molecule has 1 heterocycles. The fourth-order valence-corrected chi connectivity index (χ4v) is 3.62. The summed E-state index contributed by atoms with van der Waals surface area (Å²) in [6, 6.07) is 10.5. The molecule has 0 fully saturated rings. The molecule has 0 radical (unpaired) electrons. The average Bonchev–Trinajstić information content (AvgIpc) is 3.12. The molecule has 146 valence electrons. The lowest BCUT2D eigenvalue weighted by Gasteiger charge is -2.22. The molecule has 3 aromatic rings. The summed E-state index contributed by atoms with van der Waals surface area (Å²) in [5.74, 6) is 0. The number of anilines is 1. The van der Waals surface area contributed by atoms with Gasteiger partial charge in [0.2, 0.25) is 0 Å². The standard InChI is InChI=1S/C19H21N5O3S/c1-3-13-11-14(23(4-2)9-10-25)5-7-17(13)20-21-19-16-12-15(24(26)27)6-8-18(16)22-28-19/h5-8,11-12,25H,3-4,9-10H2,1-2H3. The molecule has 0 aliphatic rings. The fourth-order valence-electron chi connectivity index (χ4n) is 2.94. The first-order valence-electron chi connectivity index (χ1n) is 9.01. The number of hydrogen-bond acceptors (Lipinski definition) is 8. The molecule has 0 atom stereocenters. The van der Waals surface area contributed by atoms with Crippen molar-refractivity contribution in [3.63, 3.8) is 0 Å². The number of aliphatic hydroxyl groups excluding tert-OH is 1. The van der Waals surface area contributed by atoms with E-state index in [9.17, 15) is 15.2 Å². The molecule has 0 bridgehead atoms. The first-order valence-corrected chi connectivity index (χ1v) is 9.79. The largest absolute Gasteiger partial charge is 0.395 e. The monoisotopic (exact) mass is 399 g/mol. The number of aromatic nitrogens is 1. The summed E-state index contributed by atoms with van der Waals surface area (Å²) in [6.07, 6.45) is 0.785. The molecular weight excluding hydrogens is 378 g/mol. The van der Waals surface area contributed by atoms with E-state index in [4.69, 9.17) is 0 Å². The highest BCUT2D eigenvalue weighted by Crippen LogP contribution is 2.35. The Morgan fingerprint density at radius 1 is 1.21 bits per heavy atom. The van der Waals surface area contributed by atoms with Gasteiger partial charge < -0.3 is 10.0 Å². The van der Waals surface area contributed by atoms with E-state index in [1.165, 1.54) is 23.7 Å². The van der Waals surface area contributed by atoms with Gasteiger partial charge in [-0.15, -0.1) is 10.2 Å². The molecule has 1 N–H and O–H groups in total. The molecule has 0 saturated heterocycles. The van der Waals surface area contributed by atoms with Gasteiger partial charge in [-0.25, -0.2) is 0 Å². The van der Waals surface area contributed by atoms with E-state index >= 15 is 0 Å². The highest BCUT2D eigenvalue weighted by molar-refractivity contribution is 7.11. The average molecular weight is 399 g/mol. The second-order valence-electron chi connectivity index (χ2n) is 6.12. The Balaban J connectivity index is 1.92. The smallest absolute Gasteiger partial charge is 0.270 e. The molecule has 0 amide bonds. The van der Waals surface area contributed by atoms with Gasteiger partial charge in [0.05, 0.1) is 22.7 Å². The second-order valence-corrected chi connectivity index (χ2v) is 6.87. The number of aryl methyl sites for hydroxylation is 1. The Labute approximate surface area is 166 Å². The zero-order chi connectivity index (χ0) is 20.1. The summed E-state index contributed by atoms with van der Waals surface area (Å²) in [4.78, 5) is 12.7. The predicted octanol–water partition coefficient (Wildman–Crippen LogP) is 5.00. The number of hydrogen-bond donors (Lipinski definition) is 1. The second kappa shape index (κ2) is 8.85. The third kappa shape index (κ3) is 4.15. The Bertz CT molecular complexity index is 1020. The number of azo groups is 1. The topological polar surface area (TPSA) is 104 Å². The van der Waals surface area contributed by atoms with Crippen LogP contribution in [0.5, 0.6) is 0 Å². The van der Waals surface area contributed by atoms with Crippen LogP contribution in [0.3, 0.4) is 0 Å². The van der Waals surface area contributed by atoms with Crippen LogP contribution in [-0.4, -0.2) is 34.1 Å². The lowest BCUT2D eigenvalue weighted by molar-refractivity contribution is -0.384. The van der Waals surface area contributed by atoms with Crippen LogP contribution in [0.15, 0.2) is 46.6 Å². The van der Waals surface area contributed by atoms with Crippen LogP contribution in [0.1, 0.15) is 19.4 Å². The summed E-state index contributed by atoms with van der Waals surface area (Å²) in [5.41, 5.74) is 3.49. The van der Waals surface area contributed by atoms with Crippen molar-refractivity contribution in [2.45, 2.75) is 20.3 Å². The van der Waals surface area contributed by atoms with Crippen molar-refractivity contribution in [2.75, 3.05) is 24.6 Å². The Morgan fingerprint density at radius 2 is 2.04 bits per heavy atom. The van der Waals surface area contributed by atoms with Gasteiger partial charge in [-0.2, -0.15) is 4.37 Å². The van der Waals surface area contributed by atoms with Gasteiger partial charge in [-0.1, -0.05) is 6.92 Å². The number of non-ortho nitro benzene ring substituents is 1. The minimum atomic E-state index is -0.433. The van der Waals surface area contributed by atoms with E-state index in [1.807, 2.05) is 26.0 Å². The molecule has 0 spiro atoms. The van der Waals surface area contributed by atoms with Gasteiger partial charge in [0.25, 0.3) is 5.69 Å². The van der Waals surface area contributed by atoms with Crippen LogP contribution in [-0.2, 0) is 6.42 Å². The molecule has 28 heavy (non-hydrogen) atoms. The fraction of sp³-hybridized carbons (Fsp3) is 0.316. The van der Waals surface area contributed by atoms with E-state index < -0.39 is 4.92 Å². The molecule has 0 saturated carbocycles. The number of aliphatic hydroxyl groups is 1. The summed E-state index contributed by atoms with van der Waals surface area (Å²) in [5, 5.41) is 30.1. The third-order valence-electron chi connectivity index (χ3n) is 4.46. The van der Waals surface area contributed by atoms with Crippen molar-refractivity contribution in [2.24, 2.45) is 10.2 Å². The maximum atomic E-state index is 11.0. The molecule has 1 aromatic heterocycles. The van der Waals surface area contributed by atoms with E-state index in [-0.39, 0.29) is 12.3 Å². The summed E-state index contributed by atoms with van der Waals surface area (Å²) in [7, 11) is 0. The summed E-state index contributed by atoms with van der Waals surface area (Å²) >= 11 is 1.17. The van der Waals surface area contributed by atoms with Gasteiger partial charge in [0, 0.05) is 36.3 Å². The minimum absolute atomic E-state index is 0.00582. The van der Waals surface area contributed by atoms with Crippen LogP contribution >= 0.6 is 11.5 Å². The first-order chi connectivity index (χ1) is 13.6. The highest BCUT2D eigenvalue weighted by Gasteiger charge is 2.12. The predicted molar refractivity (Wildman–Crippen MR) is 111 cm³/mol. The molecular formula is C19H21N5O3S. The molecule has 0 aliphatic carbocycles. The lowest BCUT2D eigenvalue weighted by Crippen LogP contribution is -2.26. The molecule has 9 heteroatoms. The van der Waals surface area contributed by atoms with Crippen LogP contribution in [0.2, 0.25) is 0 Å². The number of benzene rings is 2. The molecule has 2 aromatic carbocycles. The zero-order valence-electron chi connectivity index (χ0n) is 15.7. The highest BCUT2D eigenvalue weighted by atomic mass is 32.1. The number of nitro groups is 1. The Hall–Kier alpha value is -2.91. The first kappa shape index (κ1) is 19.8. The van der Waals surface area contributed by atoms with Gasteiger partial charge in [0.1, 0.15) is 0 Å². The lowest BCUT2D eigenvalue weighted by atomic mass is 10.1. The van der Waals surface area contributed by atoms with Gasteiger partial charge in [0.15, 0.2) is 5.00 Å². The van der Waals surface area contributed by atoms with Crippen molar-refractivity contribution in [3.05, 3.63) is 52.1 Å². The Morgan fingerprint density at radius 3 is 2.71 bits per heavy atom. The molecule has 3 rings (SSSR count). The summed E-state index contributed by atoms with van der Waals surface area (Å²) < 4.78 is 4.28. The number of rotatable bonds is 8. The minimum Gasteiger partial charge on any atom is -0.395 e. The maximum Gasteiger partial charge on any atom is 0.270 e. The number of nitrogens with zero attached hydrogens (tertiary/aromatic N) is 5. The van der Waals surface area contributed by atoms with Crippen molar-refractivity contribution in [1.82, 2.24) is 4.37 Å². The van der Waals surface area contributed by atoms with E-state index in [2.05, 4.69) is 25.6 Å². The van der Waals surface area contributed by atoms with Gasteiger partial charge in [-0.3, -0.25) is 10.1 Å². The molecule has 8 nitrogen and oxygen atoms in total. The number of likely N-dealkylation sites (N-methyl/N-ethyl adjacent to an activating group) is 1. The quantitative estimate of drug-likeness (QED) is 0.326. The van der Waals surface area contributed by atoms with Crippen LogP contribution < -0.4 is 4.90 Å². The van der Waals surface area contributed by atoms with Crippen LogP contribution in [0.25, 0.3) is 10.9 Å². The third-order valence-corrected chi connectivity index (χ3v) is 5.22. The summed E-state index contributed by atoms with van der Waals surface area (Å²) in [6.45, 7) is 5.57.